The average Bonchev–Trinajstić information content (AvgIpc) is 2.96. The molecular weight excluding hydrogens is 350 g/mol. The maximum absolute atomic E-state index is 12.2. The Morgan fingerprint density at radius 1 is 1.12 bits per heavy atom. The minimum Gasteiger partial charge on any atom is -0.326 e. The summed E-state index contributed by atoms with van der Waals surface area (Å²) in [5, 5.41) is 6.34. The zero-order valence-corrected chi connectivity index (χ0v) is 15.3. The first-order valence-corrected chi connectivity index (χ1v) is 9.15. The zero-order valence-electron chi connectivity index (χ0n) is 14.5. The molecule has 0 aliphatic carbocycles. The Labute approximate surface area is 155 Å². The molecule has 0 aliphatic heterocycles. The summed E-state index contributed by atoms with van der Waals surface area (Å²) in [7, 11) is 1.88. The molecule has 7 nitrogen and oxygen atoms in total. The van der Waals surface area contributed by atoms with Gasteiger partial charge in [0.1, 0.15) is 5.52 Å². The van der Waals surface area contributed by atoms with E-state index in [9.17, 15) is 9.59 Å². The molecule has 134 valence electrons. The van der Waals surface area contributed by atoms with Crippen molar-refractivity contribution in [2.75, 3.05) is 16.4 Å². The van der Waals surface area contributed by atoms with Crippen molar-refractivity contribution in [2.24, 2.45) is 7.05 Å². The number of aromatic nitrogens is 3. The van der Waals surface area contributed by atoms with Crippen LogP contribution in [0.25, 0.3) is 11.2 Å². The number of aryl methyl sites for hydroxylation is 1. The van der Waals surface area contributed by atoms with Crippen molar-refractivity contribution < 1.29 is 9.59 Å². The molecule has 2 amide bonds. The lowest BCUT2D eigenvalue weighted by atomic mass is 10.2. The second-order valence-electron chi connectivity index (χ2n) is 5.62. The summed E-state index contributed by atoms with van der Waals surface area (Å²) in [6.07, 6.45) is 2.12. The number of fused-ring (bicyclic) bond motifs is 1. The molecule has 2 aromatic heterocycles. The standard InChI is InChI=1S/C18H19N5O2S/c1-3-15(24)20-12-6-4-7-13(10-12)21-16(25)11-26-18-22-14-8-5-9-19-17(14)23(18)2/h4-10H,3,11H2,1-2H3,(H,20,24)(H,21,25). The summed E-state index contributed by atoms with van der Waals surface area (Å²) in [6, 6.07) is 10.8. The minimum absolute atomic E-state index is 0.0699. The highest BCUT2D eigenvalue weighted by atomic mass is 32.2. The molecule has 0 radical (unpaired) electrons. The first-order chi connectivity index (χ1) is 12.6. The Morgan fingerprint density at radius 2 is 1.85 bits per heavy atom. The van der Waals surface area contributed by atoms with Crippen molar-refractivity contribution in [2.45, 2.75) is 18.5 Å². The number of amides is 2. The van der Waals surface area contributed by atoms with Crippen LogP contribution in [0.4, 0.5) is 11.4 Å². The summed E-state index contributed by atoms with van der Waals surface area (Å²) in [4.78, 5) is 32.5. The topological polar surface area (TPSA) is 88.9 Å². The first-order valence-electron chi connectivity index (χ1n) is 8.17. The third kappa shape index (κ3) is 4.20. The number of carbonyl (C=O) groups is 2. The smallest absolute Gasteiger partial charge is 0.234 e. The lowest BCUT2D eigenvalue weighted by Gasteiger charge is -2.08. The van der Waals surface area contributed by atoms with Gasteiger partial charge in [-0.15, -0.1) is 0 Å². The van der Waals surface area contributed by atoms with Gasteiger partial charge in [0, 0.05) is 31.0 Å². The second-order valence-corrected chi connectivity index (χ2v) is 6.56. The quantitative estimate of drug-likeness (QED) is 0.652. The Kier molecular flexibility index (Phi) is 5.52. The second kappa shape index (κ2) is 8.01. The number of nitrogens with zero attached hydrogens (tertiary/aromatic N) is 3. The number of nitrogens with one attached hydrogen (secondary N) is 2. The van der Waals surface area contributed by atoms with Gasteiger partial charge in [-0.05, 0) is 30.3 Å². The fourth-order valence-corrected chi connectivity index (χ4v) is 3.16. The number of hydrogen-bond acceptors (Lipinski definition) is 5. The van der Waals surface area contributed by atoms with Gasteiger partial charge in [-0.1, -0.05) is 24.8 Å². The molecule has 0 fully saturated rings. The molecule has 3 aromatic rings. The molecule has 2 N–H and O–H groups in total. The number of anilines is 2. The zero-order chi connectivity index (χ0) is 18.5. The van der Waals surface area contributed by atoms with Gasteiger partial charge in [0.25, 0.3) is 0 Å². The van der Waals surface area contributed by atoms with E-state index in [4.69, 9.17) is 0 Å². The number of benzene rings is 1. The molecule has 1 aromatic carbocycles. The van der Waals surface area contributed by atoms with Crippen LogP contribution in [-0.4, -0.2) is 32.1 Å². The Balaban J connectivity index is 1.61. The van der Waals surface area contributed by atoms with Crippen molar-refractivity contribution in [1.82, 2.24) is 14.5 Å². The van der Waals surface area contributed by atoms with E-state index in [1.54, 1.807) is 37.4 Å². The van der Waals surface area contributed by atoms with Crippen LogP contribution in [0.5, 0.6) is 0 Å². The summed E-state index contributed by atoms with van der Waals surface area (Å²) >= 11 is 1.35. The van der Waals surface area contributed by atoms with Crippen LogP contribution in [0.3, 0.4) is 0 Å². The number of imidazole rings is 1. The SMILES string of the molecule is CCC(=O)Nc1cccc(NC(=O)CSc2nc3cccnc3n2C)c1. The molecule has 0 atom stereocenters. The maximum Gasteiger partial charge on any atom is 0.234 e. The van der Waals surface area contributed by atoms with E-state index in [1.807, 2.05) is 23.7 Å². The molecule has 3 rings (SSSR count). The summed E-state index contributed by atoms with van der Waals surface area (Å²) < 4.78 is 1.87. The highest BCUT2D eigenvalue weighted by molar-refractivity contribution is 7.99. The number of carbonyl (C=O) groups excluding carboxylic acids is 2. The first kappa shape index (κ1) is 17.9. The third-order valence-corrected chi connectivity index (χ3v) is 4.70. The normalized spacial score (nSPS) is 10.7. The van der Waals surface area contributed by atoms with Crippen LogP contribution in [0.2, 0.25) is 0 Å². The van der Waals surface area contributed by atoms with Crippen molar-refractivity contribution >= 4 is 46.1 Å². The number of rotatable bonds is 6. The van der Waals surface area contributed by atoms with Gasteiger partial charge in [-0.25, -0.2) is 9.97 Å². The highest BCUT2D eigenvalue weighted by Crippen LogP contribution is 2.22. The van der Waals surface area contributed by atoms with Gasteiger partial charge in [-0.3, -0.25) is 9.59 Å². The maximum atomic E-state index is 12.2. The van der Waals surface area contributed by atoms with E-state index in [1.165, 1.54) is 11.8 Å². The Morgan fingerprint density at radius 3 is 2.54 bits per heavy atom. The van der Waals surface area contributed by atoms with Gasteiger partial charge < -0.3 is 15.2 Å². The summed E-state index contributed by atoms with van der Waals surface area (Å²) in [6.45, 7) is 1.79. The van der Waals surface area contributed by atoms with Crippen LogP contribution >= 0.6 is 11.8 Å². The third-order valence-electron chi connectivity index (χ3n) is 3.67. The lowest BCUT2D eigenvalue weighted by Crippen LogP contribution is -2.15. The van der Waals surface area contributed by atoms with Crippen molar-refractivity contribution in [3.8, 4) is 0 Å². The van der Waals surface area contributed by atoms with Crippen LogP contribution in [0.15, 0.2) is 47.8 Å². The molecule has 0 bridgehead atoms. The monoisotopic (exact) mass is 369 g/mol. The van der Waals surface area contributed by atoms with E-state index in [0.717, 1.165) is 16.3 Å². The molecule has 0 spiro atoms. The largest absolute Gasteiger partial charge is 0.326 e. The fourth-order valence-electron chi connectivity index (χ4n) is 2.38. The molecule has 26 heavy (non-hydrogen) atoms. The van der Waals surface area contributed by atoms with Crippen LogP contribution < -0.4 is 10.6 Å². The molecule has 0 aliphatic rings. The Hall–Kier alpha value is -2.87. The fraction of sp³-hybridized carbons (Fsp3) is 0.222. The van der Waals surface area contributed by atoms with Gasteiger partial charge >= 0.3 is 0 Å². The van der Waals surface area contributed by atoms with Crippen molar-refractivity contribution in [3.63, 3.8) is 0 Å². The van der Waals surface area contributed by atoms with Crippen molar-refractivity contribution in [1.29, 1.82) is 0 Å². The predicted octanol–water partition coefficient (Wildman–Crippen LogP) is 3.05. The molecule has 0 saturated carbocycles. The average molecular weight is 369 g/mol. The molecular formula is C18H19N5O2S. The molecule has 2 heterocycles. The summed E-state index contributed by atoms with van der Waals surface area (Å²) in [5.41, 5.74) is 2.88. The van der Waals surface area contributed by atoms with E-state index in [2.05, 4.69) is 20.6 Å². The molecule has 8 heteroatoms. The van der Waals surface area contributed by atoms with E-state index >= 15 is 0 Å². The van der Waals surface area contributed by atoms with E-state index in [-0.39, 0.29) is 17.6 Å². The number of pyridine rings is 1. The van der Waals surface area contributed by atoms with Gasteiger partial charge in [0.05, 0.1) is 5.75 Å². The van der Waals surface area contributed by atoms with E-state index in [0.29, 0.717) is 17.8 Å². The van der Waals surface area contributed by atoms with Crippen LogP contribution in [0.1, 0.15) is 13.3 Å². The predicted molar refractivity (Wildman–Crippen MR) is 103 cm³/mol. The minimum atomic E-state index is -0.144. The number of thioether (sulfide) groups is 1. The summed E-state index contributed by atoms with van der Waals surface area (Å²) in [5.74, 6) is 0.0105. The highest BCUT2D eigenvalue weighted by Gasteiger charge is 2.11. The van der Waals surface area contributed by atoms with Crippen molar-refractivity contribution in [3.05, 3.63) is 42.6 Å². The molecule has 0 unspecified atom stereocenters. The van der Waals surface area contributed by atoms with E-state index < -0.39 is 0 Å². The molecule has 0 saturated heterocycles. The van der Waals surface area contributed by atoms with Crippen LogP contribution in [0, 0.1) is 0 Å². The van der Waals surface area contributed by atoms with Gasteiger partial charge in [0.15, 0.2) is 10.8 Å². The van der Waals surface area contributed by atoms with Crippen LogP contribution in [-0.2, 0) is 16.6 Å². The van der Waals surface area contributed by atoms with Gasteiger partial charge in [-0.2, -0.15) is 0 Å². The lowest BCUT2D eigenvalue weighted by molar-refractivity contribution is -0.116. The number of hydrogen-bond donors (Lipinski definition) is 2. The Bertz CT molecular complexity index is 954. The van der Waals surface area contributed by atoms with Gasteiger partial charge in [0.2, 0.25) is 11.8 Å².